The van der Waals surface area contributed by atoms with Gasteiger partial charge in [-0.2, -0.15) is 5.10 Å². The summed E-state index contributed by atoms with van der Waals surface area (Å²) in [6, 6.07) is 9.54. The largest absolute Gasteiger partial charge is 0.508 e. The van der Waals surface area contributed by atoms with E-state index in [9.17, 15) is 9.90 Å². The maximum atomic E-state index is 10.9. The third-order valence-electron chi connectivity index (χ3n) is 5.14. The van der Waals surface area contributed by atoms with Crippen molar-refractivity contribution in [3.8, 4) is 16.9 Å². The summed E-state index contributed by atoms with van der Waals surface area (Å²) in [4.78, 5) is 12.0. The number of pyridine rings is 1. The van der Waals surface area contributed by atoms with Crippen molar-refractivity contribution < 1.29 is 14.6 Å². The molecule has 4 rings (SSSR count). The minimum absolute atomic E-state index is 0.255. The van der Waals surface area contributed by atoms with Gasteiger partial charge < -0.3 is 14.6 Å². The van der Waals surface area contributed by atoms with E-state index < -0.39 is 0 Å². The van der Waals surface area contributed by atoms with Crippen LogP contribution in [0.15, 0.2) is 47.6 Å². The third-order valence-corrected chi connectivity index (χ3v) is 6.30. The van der Waals surface area contributed by atoms with Crippen molar-refractivity contribution in [2.75, 3.05) is 20.2 Å². The second-order valence-electron chi connectivity index (χ2n) is 6.92. The molecule has 0 unspecified atom stereocenters. The average molecular weight is 398 g/mol. The Hall–Kier alpha value is -2.35. The normalized spacial score (nSPS) is 15.9. The molecule has 3 aromatic rings. The van der Waals surface area contributed by atoms with E-state index in [2.05, 4.69) is 15.5 Å². The third kappa shape index (κ3) is 3.92. The van der Waals surface area contributed by atoms with E-state index in [0.29, 0.717) is 12.5 Å². The van der Waals surface area contributed by atoms with Crippen molar-refractivity contribution in [1.82, 2.24) is 13.9 Å². The summed E-state index contributed by atoms with van der Waals surface area (Å²) in [6.07, 6.45) is 7.24. The number of methoxy groups -OCH3 is 1. The number of aromatic hydroxyl groups is 1. The zero-order valence-corrected chi connectivity index (χ0v) is 16.6. The molecule has 1 aliphatic rings. The number of hydrogen-bond donors (Lipinski definition) is 1. The van der Waals surface area contributed by atoms with Crippen molar-refractivity contribution in [1.29, 1.82) is 0 Å². The molecule has 3 heterocycles. The van der Waals surface area contributed by atoms with Crippen LogP contribution in [0.3, 0.4) is 0 Å². The molecule has 1 saturated heterocycles. The van der Waals surface area contributed by atoms with Crippen LogP contribution < -0.4 is 0 Å². The molecule has 0 spiro atoms. The van der Waals surface area contributed by atoms with Crippen LogP contribution in [0, 0.1) is 0 Å². The minimum Gasteiger partial charge on any atom is -0.508 e. The maximum absolute atomic E-state index is 10.9. The zero-order chi connectivity index (χ0) is 19.5. The number of carbonyl (C=O) groups excluding carboxylic acids is 1. The van der Waals surface area contributed by atoms with Gasteiger partial charge >= 0.3 is 0 Å². The van der Waals surface area contributed by atoms with E-state index in [-0.39, 0.29) is 5.75 Å². The highest BCUT2D eigenvalue weighted by atomic mass is 32.2. The van der Waals surface area contributed by atoms with Gasteiger partial charge in [-0.1, -0.05) is 0 Å². The molecule has 2 aromatic heterocycles. The Balaban J connectivity index is 1.65. The van der Waals surface area contributed by atoms with Crippen LogP contribution in [-0.4, -0.2) is 51.6 Å². The molecule has 0 aliphatic carbocycles. The molecule has 0 atom stereocenters. The zero-order valence-electron chi connectivity index (χ0n) is 15.7. The van der Waals surface area contributed by atoms with Gasteiger partial charge in [0, 0.05) is 43.3 Å². The molecule has 0 bridgehead atoms. The number of carbonyl (C=O) groups is 1. The van der Waals surface area contributed by atoms with Gasteiger partial charge in [0.25, 0.3) is 0 Å². The number of aldehydes is 1. The highest BCUT2D eigenvalue weighted by Gasteiger charge is 2.21. The first-order valence-electron chi connectivity index (χ1n) is 9.37. The van der Waals surface area contributed by atoms with Crippen molar-refractivity contribution >= 4 is 23.8 Å². The number of rotatable bonds is 6. The molecular weight excluding hydrogens is 374 g/mol. The van der Waals surface area contributed by atoms with Crippen molar-refractivity contribution in [3.05, 3.63) is 48.3 Å². The summed E-state index contributed by atoms with van der Waals surface area (Å²) < 4.78 is 9.56. The molecule has 1 fully saturated rings. The summed E-state index contributed by atoms with van der Waals surface area (Å²) >= 11 is 1.67. The summed E-state index contributed by atoms with van der Waals surface area (Å²) in [6.45, 7) is 1.90. The number of benzene rings is 1. The summed E-state index contributed by atoms with van der Waals surface area (Å²) in [5, 5.41) is 14.4. The van der Waals surface area contributed by atoms with Gasteiger partial charge in [0.1, 0.15) is 12.0 Å². The van der Waals surface area contributed by atoms with Crippen LogP contribution in [0.2, 0.25) is 0 Å². The SMILES string of the molecule is COC1CCN(Sc2cc(O)ccc2-c2ccn3ncc(CC=O)c3c2)CC1. The van der Waals surface area contributed by atoms with Gasteiger partial charge in [0.2, 0.25) is 0 Å². The Morgan fingerprint density at radius 3 is 2.86 bits per heavy atom. The molecule has 146 valence electrons. The maximum Gasteiger partial charge on any atom is 0.124 e. The topological polar surface area (TPSA) is 67.1 Å². The van der Waals surface area contributed by atoms with E-state index in [1.165, 1.54) is 0 Å². The number of fused-ring (bicyclic) bond motifs is 1. The van der Waals surface area contributed by atoms with E-state index in [0.717, 1.165) is 59.3 Å². The molecule has 1 N–H and O–H groups in total. The van der Waals surface area contributed by atoms with Crippen LogP contribution in [0.1, 0.15) is 18.4 Å². The molecule has 0 amide bonds. The van der Waals surface area contributed by atoms with E-state index in [1.807, 2.05) is 24.4 Å². The van der Waals surface area contributed by atoms with Crippen LogP contribution >= 0.6 is 11.9 Å². The lowest BCUT2D eigenvalue weighted by Crippen LogP contribution is -2.32. The second kappa shape index (κ2) is 8.34. The van der Waals surface area contributed by atoms with Crippen LogP contribution in [-0.2, 0) is 16.0 Å². The monoisotopic (exact) mass is 397 g/mol. The minimum atomic E-state index is 0.255. The lowest BCUT2D eigenvalue weighted by atomic mass is 10.1. The molecular formula is C21H23N3O3S. The first kappa shape index (κ1) is 19.0. The van der Waals surface area contributed by atoms with Gasteiger partial charge in [-0.15, -0.1) is 0 Å². The predicted molar refractivity (Wildman–Crippen MR) is 110 cm³/mol. The summed E-state index contributed by atoms with van der Waals surface area (Å²) in [7, 11) is 1.77. The Morgan fingerprint density at radius 2 is 2.11 bits per heavy atom. The van der Waals surface area contributed by atoms with Crippen LogP contribution in [0.25, 0.3) is 16.6 Å². The molecule has 28 heavy (non-hydrogen) atoms. The first-order chi connectivity index (χ1) is 13.7. The van der Waals surface area contributed by atoms with E-state index in [4.69, 9.17) is 4.74 Å². The first-order valence-corrected chi connectivity index (χ1v) is 10.1. The second-order valence-corrected chi connectivity index (χ2v) is 8.06. The number of hydrogen-bond acceptors (Lipinski definition) is 6. The van der Waals surface area contributed by atoms with Gasteiger partial charge in [0.15, 0.2) is 0 Å². The fourth-order valence-electron chi connectivity index (χ4n) is 3.57. The predicted octanol–water partition coefficient (Wildman–Crippen LogP) is 3.57. The van der Waals surface area contributed by atoms with Crippen molar-refractivity contribution in [2.24, 2.45) is 0 Å². The highest BCUT2D eigenvalue weighted by molar-refractivity contribution is 7.97. The van der Waals surface area contributed by atoms with E-state index >= 15 is 0 Å². The Labute approximate surface area is 168 Å². The molecule has 1 aliphatic heterocycles. The molecule has 0 radical (unpaired) electrons. The van der Waals surface area contributed by atoms with Gasteiger partial charge in [-0.05, 0) is 66.2 Å². The van der Waals surface area contributed by atoms with Crippen molar-refractivity contribution in [2.45, 2.75) is 30.3 Å². The fourth-order valence-corrected chi connectivity index (χ4v) is 4.70. The standard InChI is InChI=1S/C21H23N3O3S/c1-27-18-5-8-23(9-6-18)28-21-13-17(26)2-3-19(21)15-4-10-24-20(12-15)16(7-11-25)14-22-24/h2-4,10-14,18,26H,5-9H2,1H3. The Morgan fingerprint density at radius 1 is 1.29 bits per heavy atom. The molecule has 0 saturated carbocycles. The number of phenolic OH excluding ortho intramolecular Hbond substituents is 1. The average Bonchev–Trinajstić information content (AvgIpc) is 3.11. The molecule has 6 nitrogen and oxygen atoms in total. The lowest BCUT2D eigenvalue weighted by Gasteiger charge is -2.30. The van der Waals surface area contributed by atoms with Gasteiger partial charge in [0.05, 0.1) is 17.8 Å². The Kier molecular flexibility index (Phi) is 5.66. The van der Waals surface area contributed by atoms with Gasteiger partial charge in [-0.25, -0.2) is 8.82 Å². The van der Waals surface area contributed by atoms with Crippen LogP contribution in [0.5, 0.6) is 5.75 Å². The number of aromatic nitrogens is 2. The Bertz CT molecular complexity index is 980. The number of phenols is 1. The number of ether oxygens (including phenoxy) is 1. The summed E-state index contributed by atoms with van der Waals surface area (Å²) in [5.74, 6) is 0.255. The van der Waals surface area contributed by atoms with Crippen LogP contribution in [0.4, 0.5) is 0 Å². The summed E-state index contributed by atoms with van der Waals surface area (Å²) in [5.41, 5.74) is 3.92. The smallest absolute Gasteiger partial charge is 0.124 e. The van der Waals surface area contributed by atoms with Gasteiger partial charge in [-0.3, -0.25) is 0 Å². The number of piperidine rings is 1. The molecule has 1 aromatic carbocycles. The highest BCUT2D eigenvalue weighted by Crippen LogP contribution is 2.37. The fraction of sp³-hybridized carbons (Fsp3) is 0.333. The quantitative estimate of drug-likeness (QED) is 0.507. The van der Waals surface area contributed by atoms with Crippen molar-refractivity contribution in [3.63, 3.8) is 0 Å². The lowest BCUT2D eigenvalue weighted by molar-refractivity contribution is -0.107. The molecule has 7 heteroatoms. The van der Waals surface area contributed by atoms with E-state index in [1.54, 1.807) is 35.8 Å². The number of nitrogens with zero attached hydrogens (tertiary/aromatic N) is 3.